The molecule has 0 spiro atoms. The van der Waals surface area contributed by atoms with Crippen LogP contribution in [-0.2, 0) is 0 Å². The van der Waals surface area contributed by atoms with Crippen molar-refractivity contribution in [3.8, 4) is 17.2 Å². The molecule has 0 radical (unpaired) electrons. The first-order chi connectivity index (χ1) is 15.6. The van der Waals surface area contributed by atoms with Crippen molar-refractivity contribution in [1.82, 2.24) is 5.01 Å². The molecule has 0 saturated heterocycles. The Morgan fingerprint density at radius 2 is 1.78 bits per heavy atom. The molecule has 2 unspecified atom stereocenters. The molecular weight excluding hydrogens is 478 g/mol. The molecule has 32 heavy (non-hydrogen) atoms. The van der Waals surface area contributed by atoms with Crippen LogP contribution < -0.4 is 14.2 Å². The lowest BCUT2D eigenvalue weighted by Gasteiger charge is -2.38. The fourth-order valence-electron chi connectivity index (χ4n) is 4.29. The van der Waals surface area contributed by atoms with E-state index in [9.17, 15) is 10.1 Å². The van der Waals surface area contributed by atoms with E-state index < -0.39 is 11.2 Å². The van der Waals surface area contributed by atoms with Crippen LogP contribution in [0.5, 0.6) is 17.2 Å². The molecule has 3 heterocycles. The summed E-state index contributed by atoms with van der Waals surface area (Å²) in [6.45, 7) is 0.220. The van der Waals surface area contributed by atoms with Gasteiger partial charge in [-0.15, -0.1) is 0 Å². The molecule has 0 aliphatic carbocycles. The second-order valence-electron chi connectivity index (χ2n) is 7.72. The van der Waals surface area contributed by atoms with E-state index in [1.807, 2.05) is 35.3 Å². The van der Waals surface area contributed by atoms with E-state index in [1.54, 1.807) is 12.1 Å². The zero-order valence-electron chi connectivity index (χ0n) is 16.6. The van der Waals surface area contributed by atoms with Crippen molar-refractivity contribution in [2.75, 3.05) is 6.79 Å². The molecule has 3 aromatic carbocycles. The molecular formula is C23H16BrN3O5. The molecule has 2 atom stereocenters. The smallest absolute Gasteiger partial charge is 0.269 e. The zero-order valence-corrected chi connectivity index (χ0v) is 18.2. The SMILES string of the molecule is O=[N+]([O-])c1ccc(C2Oc3ccc(Br)cc3C3CC(c4ccc5c(c4)OCO5)=NN32)cc1. The predicted molar refractivity (Wildman–Crippen MR) is 119 cm³/mol. The van der Waals surface area contributed by atoms with Crippen molar-refractivity contribution in [2.45, 2.75) is 18.7 Å². The van der Waals surface area contributed by atoms with Crippen LogP contribution in [-0.4, -0.2) is 22.4 Å². The van der Waals surface area contributed by atoms with Crippen LogP contribution in [0.4, 0.5) is 5.69 Å². The number of nitro groups is 1. The molecule has 3 aromatic rings. The number of rotatable bonds is 3. The molecule has 3 aliphatic heterocycles. The lowest BCUT2D eigenvalue weighted by molar-refractivity contribution is -0.384. The van der Waals surface area contributed by atoms with E-state index in [0.717, 1.165) is 38.4 Å². The minimum absolute atomic E-state index is 0.0307. The minimum Gasteiger partial charge on any atom is -0.464 e. The number of benzene rings is 3. The van der Waals surface area contributed by atoms with Gasteiger partial charge >= 0.3 is 0 Å². The number of non-ortho nitro benzene ring substituents is 1. The molecule has 8 nitrogen and oxygen atoms in total. The highest BCUT2D eigenvalue weighted by molar-refractivity contribution is 9.10. The predicted octanol–water partition coefficient (Wildman–Crippen LogP) is 5.33. The molecule has 0 saturated carbocycles. The average Bonchev–Trinajstić information content (AvgIpc) is 3.45. The van der Waals surface area contributed by atoms with E-state index in [1.165, 1.54) is 12.1 Å². The van der Waals surface area contributed by atoms with Gasteiger partial charge < -0.3 is 14.2 Å². The lowest BCUT2D eigenvalue weighted by Crippen LogP contribution is -2.33. The number of nitro benzene ring substituents is 1. The summed E-state index contributed by atoms with van der Waals surface area (Å²) in [5, 5.41) is 17.9. The van der Waals surface area contributed by atoms with Crippen LogP contribution in [0.3, 0.4) is 0 Å². The van der Waals surface area contributed by atoms with Crippen LogP contribution in [0.25, 0.3) is 0 Å². The molecule has 0 bridgehead atoms. The lowest BCUT2D eigenvalue weighted by atomic mass is 9.95. The van der Waals surface area contributed by atoms with E-state index in [0.29, 0.717) is 12.2 Å². The minimum atomic E-state index is -0.499. The topological polar surface area (TPSA) is 86.4 Å². The molecule has 160 valence electrons. The second kappa shape index (κ2) is 7.23. The Labute approximate surface area is 191 Å². The Morgan fingerprint density at radius 1 is 1.00 bits per heavy atom. The monoisotopic (exact) mass is 493 g/mol. The normalized spacial score (nSPS) is 20.3. The third-order valence-corrected chi connectivity index (χ3v) is 6.34. The summed E-state index contributed by atoms with van der Waals surface area (Å²) in [6.07, 6.45) is 0.191. The number of hydrogen-bond acceptors (Lipinski definition) is 7. The summed E-state index contributed by atoms with van der Waals surface area (Å²) in [7, 11) is 0. The first-order valence-electron chi connectivity index (χ1n) is 10.0. The third-order valence-electron chi connectivity index (χ3n) is 5.85. The van der Waals surface area contributed by atoms with Crippen LogP contribution in [0.2, 0.25) is 0 Å². The van der Waals surface area contributed by atoms with Crippen LogP contribution >= 0.6 is 15.9 Å². The van der Waals surface area contributed by atoms with E-state index >= 15 is 0 Å². The maximum absolute atomic E-state index is 11.1. The fraction of sp³-hybridized carbons (Fsp3) is 0.174. The van der Waals surface area contributed by atoms with Crippen molar-refractivity contribution in [1.29, 1.82) is 0 Å². The average molecular weight is 494 g/mol. The number of fused-ring (bicyclic) bond motifs is 4. The molecule has 9 heteroatoms. The highest BCUT2D eigenvalue weighted by Gasteiger charge is 2.41. The molecule has 0 N–H and O–H groups in total. The number of halogens is 1. The van der Waals surface area contributed by atoms with Crippen molar-refractivity contribution in [3.05, 3.63) is 91.9 Å². The number of ether oxygens (including phenoxy) is 3. The van der Waals surface area contributed by atoms with Crippen molar-refractivity contribution in [2.24, 2.45) is 5.10 Å². The standard InChI is InChI=1S/C23H16BrN3O5/c24-15-4-8-20-17(10-15)19-11-18(14-3-7-21-22(9-14)31-12-30-21)25-26(19)23(32-20)13-1-5-16(6-2-13)27(28)29/h1-10,19,23H,11-12H2. The van der Waals surface area contributed by atoms with Gasteiger partial charge in [0.2, 0.25) is 13.0 Å². The number of nitrogens with zero attached hydrogens (tertiary/aromatic N) is 3. The zero-order chi connectivity index (χ0) is 21.8. The first-order valence-corrected chi connectivity index (χ1v) is 10.8. The van der Waals surface area contributed by atoms with Gasteiger partial charge in [0, 0.05) is 39.7 Å². The summed E-state index contributed by atoms with van der Waals surface area (Å²) in [4.78, 5) is 10.7. The highest BCUT2D eigenvalue weighted by Crippen LogP contribution is 2.48. The number of hydrazone groups is 1. The third kappa shape index (κ3) is 3.08. The maximum atomic E-state index is 11.1. The number of hydrogen-bond donors (Lipinski definition) is 0. The van der Waals surface area contributed by atoms with Crippen LogP contribution in [0.1, 0.15) is 35.4 Å². The largest absolute Gasteiger partial charge is 0.464 e. The Kier molecular flexibility index (Phi) is 4.32. The Morgan fingerprint density at radius 3 is 2.59 bits per heavy atom. The van der Waals surface area contributed by atoms with Crippen molar-refractivity contribution < 1.29 is 19.1 Å². The van der Waals surface area contributed by atoms with Crippen molar-refractivity contribution >= 4 is 27.3 Å². The second-order valence-corrected chi connectivity index (χ2v) is 8.63. The molecule has 3 aliphatic rings. The summed E-state index contributed by atoms with van der Waals surface area (Å²) < 4.78 is 18.3. The summed E-state index contributed by atoms with van der Waals surface area (Å²) >= 11 is 3.56. The van der Waals surface area contributed by atoms with Gasteiger partial charge in [-0.05, 0) is 48.5 Å². The van der Waals surface area contributed by atoms with E-state index in [4.69, 9.17) is 19.3 Å². The van der Waals surface area contributed by atoms with E-state index in [-0.39, 0.29) is 18.5 Å². The maximum Gasteiger partial charge on any atom is 0.269 e. The Bertz CT molecular complexity index is 1280. The summed E-state index contributed by atoms with van der Waals surface area (Å²) in [6, 6.07) is 18.1. The fourth-order valence-corrected chi connectivity index (χ4v) is 4.67. The van der Waals surface area contributed by atoms with Gasteiger partial charge in [-0.1, -0.05) is 15.9 Å². The Hall–Kier alpha value is -3.59. The highest BCUT2D eigenvalue weighted by atomic mass is 79.9. The van der Waals surface area contributed by atoms with Gasteiger partial charge in [0.25, 0.3) is 5.69 Å². The van der Waals surface area contributed by atoms with Crippen LogP contribution in [0, 0.1) is 10.1 Å². The molecule has 0 aromatic heterocycles. The van der Waals surface area contributed by atoms with Gasteiger partial charge in [0.05, 0.1) is 16.7 Å². The van der Waals surface area contributed by atoms with Crippen LogP contribution in [0.15, 0.2) is 70.2 Å². The summed E-state index contributed by atoms with van der Waals surface area (Å²) in [5.41, 5.74) is 3.75. The summed E-state index contributed by atoms with van der Waals surface area (Å²) in [5.74, 6) is 2.22. The molecule has 6 rings (SSSR count). The van der Waals surface area contributed by atoms with Gasteiger partial charge in [-0.25, -0.2) is 5.01 Å². The van der Waals surface area contributed by atoms with Gasteiger partial charge in [-0.3, -0.25) is 10.1 Å². The van der Waals surface area contributed by atoms with Gasteiger partial charge in [0.1, 0.15) is 5.75 Å². The molecule has 0 amide bonds. The first kappa shape index (κ1) is 19.1. The Balaban J connectivity index is 1.42. The van der Waals surface area contributed by atoms with Gasteiger partial charge in [0.15, 0.2) is 11.5 Å². The quantitative estimate of drug-likeness (QED) is 0.362. The van der Waals surface area contributed by atoms with Gasteiger partial charge in [-0.2, -0.15) is 5.10 Å². The van der Waals surface area contributed by atoms with E-state index in [2.05, 4.69) is 22.0 Å². The molecule has 0 fully saturated rings. The van der Waals surface area contributed by atoms with Crippen molar-refractivity contribution in [3.63, 3.8) is 0 Å².